The van der Waals surface area contributed by atoms with Crippen molar-refractivity contribution in [1.29, 1.82) is 0 Å². The molecule has 0 amide bonds. The van der Waals surface area contributed by atoms with Gasteiger partial charge in [-0.15, -0.1) is 0 Å². The molecule has 0 bridgehead atoms. The van der Waals surface area contributed by atoms with Crippen LogP contribution < -0.4 is 0 Å². The Morgan fingerprint density at radius 3 is 2.08 bits per heavy atom. The van der Waals surface area contributed by atoms with Crippen LogP contribution in [0.2, 0.25) is 0 Å². The highest BCUT2D eigenvalue weighted by molar-refractivity contribution is 14.1. The molecule has 1 heteroatoms. The minimum absolute atomic E-state index is 0.627. The van der Waals surface area contributed by atoms with E-state index in [2.05, 4.69) is 59.0 Å². The van der Waals surface area contributed by atoms with Gasteiger partial charge < -0.3 is 0 Å². The summed E-state index contributed by atoms with van der Waals surface area (Å²) in [6.45, 7) is 0. The summed E-state index contributed by atoms with van der Waals surface area (Å²) in [5, 5.41) is 2.87. The number of benzene rings is 2. The highest BCUT2D eigenvalue weighted by atomic mass is 127. The summed E-state index contributed by atoms with van der Waals surface area (Å²) in [6, 6.07) is 13.1. The molecule has 0 spiro atoms. The minimum atomic E-state index is 0.627. The Balaban J connectivity index is 2.54. The van der Waals surface area contributed by atoms with Crippen LogP contribution in [0.5, 0.6) is 0 Å². The summed E-state index contributed by atoms with van der Waals surface area (Å²) in [5.41, 5.74) is 3.01. The van der Waals surface area contributed by atoms with Crippen LogP contribution >= 0.6 is 22.6 Å². The SMILES string of the molecule is IC1c2cccc3cccc1c23. The van der Waals surface area contributed by atoms with E-state index in [1.165, 1.54) is 21.9 Å². The molecule has 0 radical (unpaired) electrons. The molecule has 2 aromatic rings. The fourth-order valence-corrected chi connectivity index (χ4v) is 2.95. The quantitative estimate of drug-likeness (QED) is 0.504. The van der Waals surface area contributed by atoms with Crippen molar-refractivity contribution in [1.82, 2.24) is 0 Å². The summed E-state index contributed by atoms with van der Waals surface area (Å²) >= 11 is 2.50. The number of hydrogen-bond acceptors (Lipinski definition) is 0. The second kappa shape index (κ2) is 2.22. The average Bonchev–Trinajstić information content (AvgIpc) is 2.16. The van der Waals surface area contributed by atoms with Gasteiger partial charge in [-0.1, -0.05) is 59.0 Å². The summed E-state index contributed by atoms with van der Waals surface area (Å²) < 4.78 is 0.627. The second-order valence-electron chi connectivity index (χ2n) is 3.16. The fourth-order valence-electron chi connectivity index (χ4n) is 1.91. The molecule has 1 aliphatic carbocycles. The molecule has 0 aromatic heterocycles. The van der Waals surface area contributed by atoms with Crippen LogP contribution in [0.1, 0.15) is 15.1 Å². The molecule has 0 aliphatic heterocycles. The predicted octanol–water partition coefficient (Wildman–Crippen LogP) is 3.68. The van der Waals surface area contributed by atoms with Gasteiger partial charge in [0.15, 0.2) is 0 Å². The first-order valence-corrected chi connectivity index (χ1v) is 5.28. The van der Waals surface area contributed by atoms with Crippen LogP contribution in [0.25, 0.3) is 10.8 Å². The van der Waals surface area contributed by atoms with Crippen molar-refractivity contribution < 1.29 is 0 Å². The molecular weight excluding hydrogens is 259 g/mol. The Labute approximate surface area is 84.7 Å². The molecule has 0 saturated heterocycles. The number of halogens is 1. The van der Waals surface area contributed by atoms with Crippen molar-refractivity contribution in [2.45, 2.75) is 3.92 Å². The molecule has 2 aromatic carbocycles. The Morgan fingerprint density at radius 1 is 0.917 bits per heavy atom. The zero-order valence-electron chi connectivity index (χ0n) is 6.42. The number of rotatable bonds is 0. The molecule has 12 heavy (non-hydrogen) atoms. The van der Waals surface area contributed by atoms with E-state index in [-0.39, 0.29) is 0 Å². The number of alkyl halides is 1. The Morgan fingerprint density at radius 2 is 1.50 bits per heavy atom. The van der Waals surface area contributed by atoms with Gasteiger partial charge in [0.05, 0.1) is 3.92 Å². The van der Waals surface area contributed by atoms with E-state index in [1.807, 2.05) is 0 Å². The van der Waals surface area contributed by atoms with Gasteiger partial charge in [-0.25, -0.2) is 0 Å². The molecule has 1 aliphatic rings. The first-order chi connectivity index (χ1) is 5.88. The third kappa shape index (κ3) is 0.678. The maximum atomic E-state index is 2.50. The lowest BCUT2D eigenvalue weighted by Gasteiger charge is -2.26. The molecule has 0 unspecified atom stereocenters. The Kier molecular flexibility index (Phi) is 1.28. The number of hydrogen-bond donors (Lipinski definition) is 0. The van der Waals surface area contributed by atoms with Gasteiger partial charge in [-0.2, -0.15) is 0 Å². The highest BCUT2D eigenvalue weighted by Crippen LogP contribution is 2.47. The van der Waals surface area contributed by atoms with Crippen LogP contribution in [-0.2, 0) is 0 Å². The third-order valence-corrected chi connectivity index (χ3v) is 3.86. The van der Waals surface area contributed by atoms with E-state index in [1.54, 1.807) is 0 Å². The van der Waals surface area contributed by atoms with Gasteiger partial charge in [-0.05, 0) is 21.9 Å². The van der Waals surface area contributed by atoms with Crippen molar-refractivity contribution in [2.24, 2.45) is 0 Å². The zero-order chi connectivity index (χ0) is 8.13. The smallest absolute Gasteiger partial charge is 0.0620 e. The van der Waals surface area contributed by atoms with E-state index in [9.17, 15) is 0 Å². The molecule has 0 atom stereocenters. The van der Waals surface area contributed by atoms with Crippen LogP contribution in [-0.4, -0.2) is 0 Å². The van der Waals surface area contributed by atoms with Gasteiger partial charge in [0, 0.05) is 0 Å². The van der Waals surface area contributed by atoms with Gasteiger partial charge in [0.25, 0.3) is 0 Å². The topological polar surface area (TPSA) is 0 Å². The van der Waals surface area contributed by atoms with Crippen LogP contribution in [0, 0.1) is 0 Å². The van der Waals surface area contributed by atoms with Crippen LogP contribution in [0.15, 0.2) is 36.4 Å². The van der Waals surface area contributed by atoms with E-state index in [0.717, 1.165) is 0 Å². The van der Waals surface area contributed by atoms with E-state index in [4.69, 9.17) is 0 Å². The van der Waals surface area contributed by atoms with Crippen molar-refractivity contribution in [2.75, 3.05) is 0 Å². The summed E-state index contributed by atoms with van der Waals surface area (Å²) in [4.78, 5) is 0. The van der Waals surface area contributed by atoms with E-state index < -0.39 is 0 Å². The van der Waals surface area contributed by atoms with Crippen LogP contribution in [0.4, 0.5) is 0 Å². The molecule has 3 rings (SSSR count). The monoisotopic (exact) mass is 266 g/mol. The predicted molar refractivity (Wildman–Crippen MR) is 59.8 cm³/mol. The van der Waals surface area contributed by atoms with E-state index >= 15 is 0 Å². The largest absolute Gasteiger partial charge is 0.0721 e. The molecule has 0 saturated carbocycles. The second-order valence-corrected chi connectivity index (χ2v) is 4.40. The molecule has 0 heterocycles. The van der Waals surface area contributed by atoms with Gasteiger partial charge in [0.1, 0.15) is 0 Å². The molecule has 0 nitrogen and oxygen atoms in total. The molecular formula is C11H7I. The maximum absolute atomic E-state index is 2.50. The fraction of sp³-hybridized carbons (Fsp3) is 0.0909. The summed E-state index contributed by atoms with van der Waals surface area (Å²) in [6.07, 6.45) is 0. The van der Waals surface area contributed by atoms with Gasteiger partial charge in [-0.3, -0.25) is 0 Å². The van der Waals surface area contributed by atoms with Crippen molar-refractivity contribution >= 4 is 33.4 Å². The first kappa shape index (κ1) is 6.89. The maximum Gasteiger partial charge on any atom is 0.0620 e. The molecule has 58 valence electrons. The summed E-state index contributed by atoms with van der Waals surface area (Å²) in [5.74, 6) is 0. The highest BCUT2D eigenvalue weighted by Gasteiger charge is 2.25. The van der Waals surface area contributed by atoms with Crippen LogP contribution in [0.3, 0.4) is 0 Å². The lowest BCUT2D eigenvalue weighted by Crippen LogP contribution is -2.05. The Hall–Kier alpha value is -0.570. The van der Waals surface area contributed by atoms with Crippen molar-refractivity contribution in [3.8, 4) is 0 Å². The first-order valence-electron chi connectivity index (χ1n) is 4.03. The van der Waals surface area contributed by atoms with Crippen molar-refractivity contribution in [3.63, 3.8) is 0 Å². The lowest BCUT2D eigenvalue weighted by molar-refractivity contribution is 1.17. The van der Waals surface area contributed by atoms with Gasteiger partial charge >= 0.3 is 0 Å². The normalized spacial score (nSPS) is 14.8. The standard InChI is InChI=1S/C11H7I/c12-11-8-5-1-3-7-4-2-6-9(11)10(7)8/h1-6,11H. The van der Waals surface area contributed by atoms with Crippen molar-refractivity contribution in [3.05, 3.63) is 47.5 Å². The average molecular weight is 266 g/mol. The molecule has 0 N–H and O–H groups in total. The minimum Gasteiger partial charge on any atom is -0.0721 e. The molecule has 0 fully saturated rings. The third-order valence-electron chi connectivity index (χ3n) is 2.52. The zero-order valence-corrected chi connectivity index (χ0v) is 8.58. The van der Waals surface area contributed by atoms with Gasteiger partial charge in [0.2, 0.25) is 0 Å². The summed E-state index contributed by atoms with van der Waals surface area (Å²) in [7, 11) is 0. The lowest BCUT2D eigenvalue weighted by atomic mass is 9.85. The Bertz CT molecular complexity index is 421. The van der Waals surface area contributed by atoms with E-state index in [0.29, 0.717) is 3.92 Å².